The van der Waals surface area contributed by atoms with Crippen molar-refractivity contribution in [1.29, 1.82) is 0 Å². The Balaban J connectivity index is 1.96. The molecule has 1 fully saturated rings. The molecule has 0 unspecified atom stereocenters. The lowest BCUT2D eigenvalue weighted by atomic mass is 9.97. The maximum atomic E-state index is 12.3. The lowest BCUT2D eigenvalue weighted by Gasteiger charge is -2.30. The van der Waals surface area contributed by atoms with Crippen LogP contribution in [0.3, 0.4) is 0 Å². The molecule has 1 amide bonds. The zero-order chi connectivity index (χ0) is 17.9. The van der Waals surface area contributed by atoms with E-state index in [9.17, 15) is 18.0 Å². The van der Waals surface area contributed by atoms with Gasteiger partial charge in [0.05, 0.1) is 17.4 Å². The number of aliphatic carboxylic acids is 1. The van der Waals surface area contributed by atoms with Crippen LogP contribution in [0.2, 0.25) is 5.02 Å². The summed E-state index contributed by atoms with van der Waals surface area (Å²) in [6, 6.07) is 4.54. The number of halogens is 1. The van der Waals surface area contributed by atoms with Gasteiger partial charge in [0.2, 0.25) is 15.9 Å². The number of hydrogen-bond donors (Lipinski definition) is 2. The van der Waals surface area contributed by atoms with Crippen molar-refractivity contribution in [1.82, 2.24) is 9.62 Å². The number of carboxylic acids is 1. The minimum atomic E-state index is -3.85. The smallest absolute Gasteiger partial charge is 0.306 e. The molecule has 0 spiro atoms. The van der Waals surface area contributed by atoms with Crippen LogP contribution in [0.4, 0.5) is 0 Å². The molecule has 132 valence electrons. The van der Waals surface area contributed by atoms with Gasteiger partial charge in [-0.1, -0.05) is 17.7 Å². The summed E-state index contributed by atoms with van der Waals surface area (Å²) in [5.74, 6) is -1.68. The van der Waals surface area contributed by atoms with Gasteiger partial charge in [0.1, 0.15) is 0 Å². The minimum absolute atomic E-state index is 0.0346. The van der Waals surface area contributed by atoms with E-state index in [0.717, 1.165) is 0 Å². The number of nitrogens with one attached hydrogen (secondary N) is 1. The van der Waals surface area contributed by atoms with Crippen LogP contribution >= 0.6 is 11.6 Å². The molecule has 2 rings (SSSR count). The molecule has 0 radical (unpaired) electrons. The predicted octanol–water partition coefficient (Wildman–Crippen LogP) is 1.25. The van der Waals surface area contributed by atoms with Gasteiger partial charge in [-0.3, -0.25) is 9.59 Å². The van der Waals surface area contributed by atoms with Gasteiger partial charge >= 0.3 is 5.97 Å². The van der Waals surface area contributed by atoms with Gasteiger partial charge in [0, 0.05) is 18.1 Å². The molecule has 0 aromatic heterocycles. The van der Waals surface area contributed by atoms with Crippen LogP contribution in [0.15, 0.2) is 23.1 Å². The van der Waals surface area contributed by atoms with E-state index in [0.29, 0.717) is 36.5 Å². The van der Waals surface area contributed by atoms with Crippen LogP contribution in [-0.4, -0.2) is 49.9 Å². The van der Waals surface area contributed by atoms with Crippen LogP contribution in [0, 0.1) is 12.8 Å². The Kier molecular flexibility index (Phi) is 5.84. The molecule has 1 aromatic rings. The van der Waals surface area contributed by atoms with Crippen LogP contribution < -0.4 is 4.72 Å². The summed E-state index contributed by atoms with van der Waals surface area (Å²) in [5, 5.41) is 9.27. The zero-order valence-electron chi connectivity index (χ0n) is 13.2. The summed E-state index contributed by atoms with van der Waals surface area (Å²) < 4.78 is 26.9. The first kappa shape index (κ1) is 18.7. The van der Waals surface area contributed by atoms with E-state index in [1.807, 2.05) is 0 Å². The highest BCUT2D eigenvalue weighted by Gasteiger charge is 2.27. The second-order valence-corrected chi connectivity index (χ2v) is 7.82. The van der Waals surface area contributed by atoms with Crippen molar-refractivity contribution in [2.45, 2.75) is 24.7 Å². The molecule has 9 heteroatoms. The highest BCUT2D eigenvalue weighted by molar-refractivity contribution is 7.89. The Bertz CT molecular complexity index is 742. The maximum Gasteiger partial charge on any atom is 0.306 e. The van der Waals surface area contributed by atoms with E-state index in [1.54, 1.807) is 13.0 Å². The Morgan fingerprint density at radius 3 is 2.54 bits per heavy atom. The molecule has 1 aromatic carbocycles. The quantitative estimate of drug-likeness (QED) is 0.807. The van der Waals surface area contributed by atoms with E-state index >= 15 is 0 Å². The third-order valence-electron chi connectivity index (χ3n) is 4.12. The van der Waals surface area contributed by atoms with Gasteiger partial charge in [0.25, 0.3) is 0 Å². The SMILES string of the molecule is Cc1c(Cl)cccc1S(=O)(=O)NCC(=O)N1CCC(C(=O)O)CC1. The van der Waals surface area contributed by atoms with E-state index < -0.39 is 21.9 Å². The number of likely N-dealkylation sites (tertiary alicyclic amines) is 1. The average molecular weight is 375 g/mol. The summed E-state index contributed by atoms with van der Waals surface area (Å²) >= 11 is 5.93. The van der Waals surface area contributed by atoms with Crippen molar-refractivity contribution in [2.75, 3.05) is 19.6 Å². The molecular weight excluding hydrogens is 356 g/mol. The number of piperidine rings is 1. The molecule has 0 atom stereocenters. The van der Waals surface area contributed by atoms with Gasteiger partial charge < -0.3 is 10.0 Å². The first-order valence-corrected chi connectivity index (χ1v) is 9.34. The van der Waals surface area contributed by atoms with Gasteiger partial charge in [-0.05, 0) is 37.5 Å². The number of hydrogen-bond acceptors (Lipinski definition) is 4. The molecule has 1 saturated heterocycles. The van der Waals surface area contributed by atoms with Crippen molar-refractivity contribution in [3.05, 3.63) is 28.8 Å². The highest BCUT2D eigenvalue weighted by Crippen LogP contribution is 2.22. The van der Waals surface area contributed by atoms with Gasteiger partial charge in [-0.15, -0.1) is 0 Å². The van der Waals surface area contributed by atoms with Crippen LogP contribution in [0.25, 0.3) is 0 Å². The van der Waals surface area contributed by atoms with Crippen LogP contribution in [0.1, 0.15) is 18.4 Å². The topological polar surface area (TPSA) is 104 Å². The van der Waals surface area contributed by atoms with E-state index in [4.69, 9.17) is 16.7 Å². The Morgan fingerprint density at radius 1 is 1.33 bits per heavy atom. The second-order valence-electron chi connectivity index (χ2n) is 5.68. The number of rotatable bonds is 5. The molecule has 0 bridgehead atoms. The first-order valence-electron chi connectivity index (χ1n) is 7.47. The van der Waals surface area contributed by atoms with Gasteiger partial charge in [0.15, 0.2) is 0 Å². The normalized spacial score (nSPS) is 16.2. The zero-order valence-corrected chi connectivity index (χ0v) is 14.7. The number of carbonyl (C=O) groups excluding carboxylic acids is 1. The molecule has 2 N–H and O–H groups in total. The first-order chi connectivity index (χ1) is 11.2. The standard InChI is InChI=1S/C15H19ClN2O5S/c1-10-12(16)3-2-4-13(10)24(22,23)17-9-14(19)18-7-5-11(6-8-18)15(20)21/h2-4,11,17H,5-9H2,1H3,(H,20,21). The fourth-order valence-corrected chi connectivity index (χ4v) is 4.07. The maximum absolute atomic E-state index is 12.3. The van der Waals surface area contributed by atoms with Crippen molar-refractivity contribution >= 4 is 33.5 Å². The minimum Gasteiger partial charge on any atom is -0.481 e. The number of amides is 1. The van der Waals surface area contributed by atoms with Crippen LogP contribution in [-0.2, 0) is 19.6 Å². The molecular formula is C15H19ClN2O5S. The summed E-state index contributed by atoms with van der Waals surface area (Å²) in [7, 11) is -3.85. The van der Waals surface area contributed by atoms with Crippen molar-refractivity contribution in [3.63, 3.8) is 0 Å². The highest BCUT2D eigenvalue weighted by atomic mass is 35.5. The Hall–Kier alpha value is -1.64. The molecule has 1 heterocycles. The summed E-state index contributed by atoms with van der Waals surface area (Å²) in [5.41, 5.74) is 0.418. The second kappa shape index (κ2) is 7.50. The molecule has 1 aliphatic heterocycles. The Labute approximate surface area is 145 Å². The van der Waals surface area contributed by atoms with Crippen LogP contribution in [0.5, 0.6) is 0 Å². The van der Waals surface area contributed by atoms with Crippen molar-refractivity contribution < 1.29 is 23.1 Å². The predicted molar refractivity (Wildman–Crippen MR) is 88.3 cm³/mol. The number of sulfonamides is 1. The van der Waals surface area contributed by atoms with E-state index in [-0.39, 0.29) is 17.3 Å². The summed E-state index contributed by atoms with van der Waals surface area (Å²) in [4.78, 5) is 24.5. The number of nitrogens with zero attached hydrogens (tertiary/aromatic N) is 1. The fourth-order valence-electron chi connectivity index (χ4n) is 2.60. The number of carboxylic acid groups (broad SMARTS) is 1. The van der Waals surface area contributed by atoms with Gasteiger partial charge in [-0.25, -0.2) is 13.1 Å². The fraction of sp³-hybridized carbons (Fsp3) is 0.467. The summed E-state index contributed by atoms with van der Waals surface area (Å²) in [6.45, 7) is 1.85. The number of carbonyl (C=O) groups is 2. The monoisotopic (exact) mass is 374 g/mol. The van der Waals surface area contributed by atoms with E-state index in [1.165, 1.54) is 17.0 Å². The molecule has 0 aliphatic carbocycles. The largest absolute Gasteiger partial charge is 0.481 e. The lowest BCUT2D eigenvalue weighted by Crippen LogP contribution is -2.45. The lowest BCUT2D eigenvalue weighted by molar-refractivity contribution is -0.145. The molecule has 7 nitrogen and oxygen atoms in total. The number of benzene rings is 1. The molecule has 24 heavy (non-hydrogen) atoms. The molecule has 0 saturated carbocycles. The van der Waals surface area contributed by atoms with E-state index in [2.05, 4.69) is 4.72 Å². The average Bonchev–Trinajstić information content (AvgIpc) is 2.55. The Morgan fingerprint density at radius 2 is 1.96 bits per heavy atom. The molecule has 1 aliphatic rings. The third-order valence-corrected chi connectivity index (χ3v) is 6.07. The van der Waals surface area contributed by atoms with Crippen molar-refractivity contribution in [3.8, 4) is 0 Å². The van der Waals surface area contributed by atoms with Crippen molar-refractivity contribution in [2.24, 2.45) is 5.92 Å². The summed E-state index contributed by atoms with van der Waals surface area (Å²) in [6.07, 6.45) is 0.752. The third kappa shape index (κ3) is 4.25. The van der Waals surface area contributed by atoms with Gasteiger partial charge in [-0.2, -0.15) is 0 Å².